The monoisotopic (exact) mass is 287 g/mol. The lowest BCUT2D eigenvalue weighted by atomic mass is 10.2. The van der Waals surface area contributed by atoms with Crippen LogP contribution < -0.4 is 10.9 Å². The summed E-state index contributed by atoms with van der Waals surface area (Å²) in [5.74, 6) is -0.0170. The molecule has 0 spiro atoms. The van der Waals surface area contributed by atoms with Gasteiger partial charge in [-0.2, -0.15) is 0 Å². The minimum atomic E-state index is -0.503. The van der Waals surface area contributed by atoms with Crippen LogP contribution in [0.25, 0.3) is 0 Å². The molecular weight excluding hydrogens is 274 g/mol. The molecule has 108 valence electrons. The summed E-state index contributed by atoms with van der Waals surface area (Å²) < 4.78 is 5.01. The number of carbonyl (C=O) groups excluding carboxylic acids is 1. The molecule has 0 saturated heterocycles. The van der Waals surface area contributed by atoms with Crippen molar-refractivity contribution in [3.63, 3.8) is 0 Å². The highest BCUT2D eigenvalue weighted by Crippen LogP contribution is 2.19. The lowest BCUT2D eigenvalue weighted by Crippen LogP contribution is -2.33. The second-order valence-corrected chi connectivity index (χ2v) is 4.06. The van der Waals surface area contributed by atoms with Crippen molar-refractivity contribution in [2.75, 3.05) is 0 Å². The minimum Gasteiger partial charge on any atom is -0.462 e. The number of rotatable bonds is 6. The van der Waals surface area contributed by atoms with E-state index in [2.05, 4.69) is 10.9 Å². The summed E-state index contributed by atoms with van der Waals surface area (Å²) in [6.45, 7) is 0. The first-order chi connectivity index (χ1) is 10.2. The van der Waals surface area contributed by atoms with Gasteiger partial charge in [0.25, 0.3) is 5.91 Å². The molecule has 7 nitrogen and oxygen atoms in total. The number of benzene rings is 1. The summed E-state index contributed by atoms with van der Waals surface area (Å²) in [4.78, 5) is 21.8. The van der Waals surface area contributed by atoms with Crippen LogP contribution in [0, 0.1) is 10.1 Å². The number of nitrogens with zero attached hydrogens (tertiary/aromatic N) is 1. The summed E-state index contributed by atoms with van der Waals surface area (Å²) in [5.41, 5.74) is 5.55. The number of allylic oxidation sites excluding steroid dienone is 1. The highest BCUT2D eigenvalue weighted by Gasteiger charge is 2.15. The fourth-order valence-corrected chi connectivity index (χ4v) is 1.64. The summed E-state index contributed by atoms with van der Waals surface area (Å²) in [5, 5.41) is 10.7. The first kappa shape index (κ1) is 14.3. The zero-order valence-electron chi connectivity index (χ0n) is 11.0. The third-order valence-electron chi connectivity index (χ3n) is 2.64. The van der Waals surface area contributed by atoms with Gasteiger partial charge in [0.1, 0.15) is 0 Å². The van der Waals surface area contributed by atoms with Crippen molar-refractivity contribution in [3.8, 4) is 0 Å². The predicted molar refractivity (Wildman–Crippen MR) is 75.3 cm³/mol. The maximum absolute atomic E-state index is 11.7. The Morgan fingerprint density at radius 3 is 2.76 bits per heavy atom. The Morgan fingerprint density at radius 2 is 2.05 bits per heavy atom. The van der Waals surface area contributed by atoms with Crippen LogP contribution in [0.2, 0.25) is 0 Å². The van der Waals surface area contributed by atoms with Crippen LogP contribution in [0.5, 0.6) is 0 Å². The second kappa shape index (κ2) is 6.90. The molecule has 0 unspecified atom stereocenters. The number of hydrogen-bond acceptors (Lipinski definition) is 5. The van der Waals surface area contributed by atoms with Crippen molar-refractivity contribution in [1.82, 2.24) is 10.9 Å². The van der Waals surface area contributed by atoms with Gasteiger partial charge in [-0.3, -0.25) is 20.3 Å². The molecule has 2 N–H and O–H groups in total. The standard InChI is InChI=1S/C14H13N3O4/c18-14(11-5-2-1-3-6-11)16-15-9-4-7-13-12(17(19)20)8-10-21-13/h1-6,8-10,15H,7H2,(H,16,18)/b9-4+. The van der Waals surface area contributed by atoms with Crippen LogP contribution in [-0.2, 0) is 6.42 Å². The Morgan fingerprint density at radius 1 is 1.29 bits per heavy atom. The molecule has 0 fully saturated rings. The van der Waals surface area contributed by atoms with Gasteiger partial charge in [-0.05, 0) is 12.1 Å². The first-order valence-electron chi connectivity index (χ1n) is 6.15. The van der Waals surface area contributed by atoms with Crippen molar-refractivity contribution >= 4 is 11.6 Å². The van der Waals surface area contributed by atoms with Crippen LogP contribution in [0.4, 0.5) is 5.69 Å². The van der Waals surface area contributed by atoms with E-state index in [1.807, 2.05) is 6.07 Å². The van der Waals surface area contributed by atoms with Crippen molar-refractivity contribution in [2.45, 2.75) is 6.42 Å². The molecule has 1 aromatic carbocycles. The molecule has 2 rings (SSSR count). The van der Waals surface area contributed by atoms with Crippen molar-refractivity contribution in [2.24, 2.45) is 0 Å². The largest absolute Gasteiger partial charge is 0.462 e. The number of nitrogens with one attached hydrogen (secondary N) is 2. The maximum atomic E-state index is 11.7. The minimum absolute atomic E-state index is 0.0621. The van der Waals surface area contributed by atoms with Gasteiger partial charge in [0.2, 0.25) is 0 Å². The third kappa shape index (κ3) is 3.93. The van der Waals surface area contributed by atoms with E-state index in [1.165, 1.54) is 18.5 Å². The van der Waals surface area contributed by atoms with Crippen LogP contribution in [0.15, 0.2) is 59.4 Å². The molecule has 0 bridgehead atoms. The Labute approximate surface area is 120 Å². The van der Waals surface area contributed by atoms with E-state index in [9.17, 15) is 14.9 Å². The number of amides is 1. The van der Waals surface area contributed by atoms with Crippen molar-refractivity contribution in [1.29, 1.82) is 0 Å². The Balaban J connectivity index is 1.80. The molecule has 2 aromatic rings. The summed E-state index contributed by atoms with van der Waals surface area (Å²) in [7, 11) is 0. The van der Waals surface area contributed by atoms with Crippen LogP contribution in [-0.4, -0.2) is 10.8 Å². The number of hydrogen-bond donors (Lipinski definition) is 2. The number of carbonyl (C=O) groups is 1. The molecule has 7 heteroatoms. The first-order valence-corrected chi connectivity index (χ1v) is 6.15. The number of furan rings is 1. The second-order valence-electron chi connectivity index (χ2n) is 4.06. The van der Waals surface area contributed by atoms with Gasteiger partial charge in [-0.25, -0.2) is 0 Å². The molecule has 1 aromatic heterocycles. The summed E-state index contributed by atoms with van der Waals surface area (Å²) in [6, 6.07) is 10.0. The van der Waals surface area contributed by atoms with Gasteiger partial charge in [0.15, 0.2) is 5.76 Å². The molecule has 1 heterocycles. The molecule has 21 heavy (non-hydrogen) atoms. The van der Waals surface area contributed by atoms with Crippen LogP contribution in [0.1, 0.15) is 16.1 Å². The van der Waals surface area contributed by atoms with Gasteiger partial charge in [-0.1, -0.05) is 24.3 Å². The Kier molecular flexibility index (Phi) is 4.70. The van der Waals surface area contributed by atoms with Crippen molar-refractivity contribution in [3.05, 3.63) is 76.4 Å². The molecule has 0 radical (unpaired) electrons. The third-order valence-corrected chi connectivity index (χ3v) is 2.64. The van der Waals surface area contributed by atoms with Gasteiger partial charge >= 0.3 is 5.69 Å². The van der Waals surface area contributed by atoms with E-state index in [0.29, 0.717) is 5.56 Å². The predicted octanol–water partition coefficient (Wildman–Crippen LogP) is 2.18. The number of nitro groups is 1. The lowest BCUT2D eigenvalue weighted by molar-refractivity contribution is -0.386. The van der Waals surface area contributed by atoms with Gasteiger partial charge in [-0.15, -0.1) is 0 Å². The quantitative estimate of drug-likeness (QED) is 0.627. The fourth-order valence-electron chi connectivity index (χ4n) is 1.64. The van der Waals surface area contributed by atoms with Gasteiger partial charge in [0.05, 0.1) is 17.3 Å². The van der Waals surface area contributed by atoms with E-state index in [1.54, 1.807) is 30.3 Å². The van der Waals surface area contributed by atoms with E-state index >= 15 is 0 Å². The smallest absolute Gasteiger partial charge is 0.310 e. The Hall–Kier alpha value is -3.09. The zero-order valence-corrected chi connectivity index (χ0v) is 11.0. The van der Waals surface area contributed by atoms with E-state index < -0.39 is 4.92 Å². The van der Waals surface area contributed by atoms with Crippen LogP contribution in [0.3, 0.4) is 0 Å². The number of hydrazine groups is 1. The van der Waals surface area contributed by atoms with E-state index in [-0.39, 0.29) is 23.8 Å². The summed E-state index contributed by atoms with van der Waals surface area (Å²) in [6.07, 6.45) is 4.60. The molecule has 0 aliphatic rings. The highest BCUT2D eigenvalue weighted by atomic mass is 16.6. The summed E-state index contributed by atoms with van der Waals surface area (Å²) >= 11 is 0. The molecule has 0 saturated carbocycles. The average Bonchev–Trinajstić information content (AvgIpc) is 2.96. The van der Waals surface area contributed by atoms with Crippen LogP contribution >= 0.6 is 0 Å². The zero-order chi connectivity index (χ0) is 15.1. The van der Waals surface area contributed by atoms with E-state index in [4.69, 9.17) is 4.42 Å². The Bertz CT molecular complexity index is 649. The molecule has 0 aliphatic carbocycles. The van der Waals surface area contributed by atoms with Gasteiger partial charge in [0, 0.05) is 18.2 Å². The normalized spacial score (nSPS) is 10.5. The van der Waals surface area contributed by atoms with E-state index in [0.717, 1.165) is 0 Å². The molecular formula is C14H13N3O4. The SMILES string of the molecule is O=C(NN/C=C/Cc1occc1[N+](=O)[O-])c1ccccc1. The van der Waals surface area contributed by atoms with Crippen molar-refractivity contribution < 1.29 is 14.1 Å². The highest BCUT2D eigenvalue weighted by molar-refractivity contribution is 5.93. The topological polar surface area (TPSA) is 97.4 Å². The molecule has 1 amide bonds. The lowest BCUT2D eigenvalue weighted by Gasteiger charge is -2.03. The maximum Gasteiger partial charge on any atom is 0.310 e. The molecule has 0 atom stereocenters. The average molecular weight is 287 g/mol. The fraction of sp³-hybridized carbons (Fsp3) is 0.0714. The molecule has 0 aliphatic heterocycles. The van der Waals surface area contributed by atoms with Gasteiger partial charge < -0.3 is 9.84 Å².